The van der Waals surface area contributed by atoms with Gasteiger partial charge in [-0.2, -0.15) is 13.1 Å². The van der Waals surface area contributed by atoms with Crippen LogP contribution in [-0.4, -0.2) is 37.8 Å². The van der Waals surface area contributed by atoms with Gasteiger partial charge < -0.3 is 9.84 Å². The molecule has 3 aromatic rings. The molecule has 0 aliphatic carbocycles. The lowest BCUT2D eigenvalue weighted by atomic mass is 9.95. The summed E-state index contributed by atoms with van der Waals surface area (Å²) < 4.78 is 49.1. The lowest BCUT2D eigenvalue weighted by Gasteiger charge is -2.28. The number of benzene rings is 2. The number of aromatic nitrogens is 1. The predicted octanol–water partition coefficient (Wildman–Crippen LogP) is 3.51. The lowest BCUT2D eigenvalue weighted by molar-refractivity contribution is 0.342. The molecule has 2 unspecified atom stereocenters. The Morgan fingerprint density at radius 3 is 2.56 bits per heavy atom. The van der Waals surface area contributed by atoms with E-state index in [1.807, 2.05) is 6.92 Å². The molecule has 0 radical (unpaired) electrons. The minimum Gasteiger partial charge on any atom is -0.505 e. The normalized spacial score (nSPS) is 17.8. The minimum atomic E-state index is -3.81. The zero-order valence-electron chi connectivity index (χ0n) is 19.4. The van der Waals surface area contributed by atoms with Gasteiger partial charge in [-0.1, -0.05) is 26.0 Å². The molecule has 4 rings (SSSR count). The average Bonchev–Trinajstić information content (AvgIpc) is 3.59. The summed E-state index contributed by atoms with van der Waals surface area (Å²) in [7, 11) is -3.81. The number of rotatable bonds is 10. The maximum absolute atomic E-state index is 13.2. The van der Waals surface area contributed by atoms with Crippen LogP contribution < -0.4 is 14.3 Å². The first-order chi connectivity index (χ1) is 16.3. The van der Waals surface area contributed by atoms with E-state index in [4.69, 9.17) is 4.74 Å². The monoisotopic (exact) mass is 488 g/mol. The fourth-order valence-corrected chi connectivity index (χ4v) is 5.62. The van der Waals surface area contributed by atoms with Crippen LogP contribution in [0.2, 0.25) is 0 Å². The van der Waals surface area contributed by atoms with Crippen molar-refractivity contribution in [2.24, 2.45) is 0 Å². The van der Waals surface area contributed by atoms with Crippen molar-refractivity contribution in [2.45, 2.75) is 46.1 Å². The van der Waals surface area contributed by atoms with E-state index in [9.17, 15) is 17.9 Å². The van der Waals surface area contributed by atoms with Gasteiger partial charge in [-0.3, -0.25) is 14.6 Å². The molecule has 3 N–H and O–H groups in total. The first-order valence-corrected chi connectivity index (χ1v) is 12.8. The van der Waals surface area contributed by atoms with Crippen molar-refractivity contribution in [3.05, 3.63) is 65.1 Å². The number of nitrogens with one attached hydrogen (secondary N) is 2. The van der Waals surface area contributed by atoms with Crippen molar-refractivity contribution in [1.82, 2.24) is 15.0 Å². The van der Waals surface area contributed by atoms with E-state index >= 15 is 0 Å². The number of pyridine rings is 1. The molecular weight excluding hydrogens is 459 g/mol. The molecule has 0 bridgehead atoms. The van der Waals surface area contributed by atoms with Gasteiger partial charge in [0, 0.05) is 36.8 Å². The molecule has 182 valence electrons. The van der Waals surface area contributed by atoms with Crippen LogP contribution >= 0.6 is 0 Å². The Morgan fingerprint density at radius 1 is 1.18 bits per heavy atom. The summed E-state index contributed by atoms with van der Waals surface area (Å²) in [5, 5.41) is 15.0. The first-order valence-electron chi connectivity index (χ1n) is 11.3. The molecule has 1 aliphatic heterocycles. The number of phenolic OH excluding ortho intramolecular Hbond substituents is 1. The van der Waals surface area contributed by atoms with Crippen molar-refractivity contribution in [3.63, 3.8) is 0 Å². The highest BCUT2D eigenvalue weighted by atomic mass is 32.2. The highest BCUT2D eigenvalue weighted by molar-refractivity contribution is 7.90. The SMILES string of the molecule is CCNS(=O)(=O)N(CC)c1c(CC)c(C2OC2NCc2ccc(F)cc2)c(O)c2ncccc12. The smallest absolute Gasteiger partial charge is 0.301 e. The second-order valence-electron chi connectivity index (χ2n) is 7.99. The van der Waals surface area contributed by atoms with Crippen LogP contribution in [0.3, 0.4) is 0 Å². The summed E-state index contributed by atoms with van der Waals surface area (Å²) in [6.45, 7) is 6.32. The van der Waals surface area contributed by atoms with Crippen LogP contribution in [0, 0.1) is 5.82 Å². The molecular formula is C24H29FN4O4S. The van der Waals surface area contributed by atoms with Crippen LogP contribution in [0.4, 0.5) is 10.1 Å². The van der Waals surface area contributed by atoms with E-state index in [1.54, 1.807) is 44.3 Å². The van der Waals surface area contributed by atoms with E-state index in [1.165, 1.54) is 16.4 Å². The Kier molecular flexibility index (Phi) is 7.04. The molecule has 0 spiro atoms. The fraction of sp³-hybridized carbons (Fsp3) is 0.375. The number of halogens is 1. The molecule has 0 amide bonds. The summed E-state index contributed by atoms with van der Waals surface area (Å²) >= 11 is 0. The number of aromatic hydroxyl groups is 1. The van der Waals surface area contributed by atoms with Crippen molar-refractivity contribution < 1.29 is 22.7 Å². The molecule has 8 nitrogen and oxygen atoms in total. The Morgan fingerprint density at radius 2 is 1.91 bits per heavy atom. The standard InChI is InChI=1S/C24H29FN4O4S/c1-4-17-19(23-24(33-23)27-14-15-9-11-16(25)12-10-15)22(30)20-18(8-7-13-26-20)21(17)29(6-3)34(31,32)28-5-2/h7-13,23-24,27-28,30H,4-6,14H2,1-3H3. The molecule has 1 aliphatic rings. The zero-order valence-corrected chi connectivity index (χ0v) is 20.2. The summed E-state index contributed by atoms with van der Waals surface area (Å²) in [6, 6.07) is 9.67. The molecule has 1 fully saturated rings. The fourth-order valence-electron chi connectivity index (χ4n) is 4.31. The van der Waals surface area contributed by atoms with Crippen LogP contribution in [-0.2, 0) is 27.9 Å². The van der Waals surface area contributed by atoms with Gasteiger partial charge in [0.2, 0.25) is 0 Å². The number of epoxide rings is 1. The van der Waals surface area contributed by atoms with Crippen molar-refractivity contribution >= 4 is 26.8 Å². The van der Waals surface area contributed by atoms with Gasteiger partial charge in [0.15, 0.2) is 0 Å². The van der Waals surface area contributed by atoms with Gasteiger partial charge in [0.05, 0.1) is 5.69 Å². The Bertz CT molecular complexity index is 1280. The quantitative estimate of drug-likeness (QED) is 0.377. The van der Waals surface area contributed by atoms with E-state index in [2.05, 4.69) is 15.0 Å². The minimum absolute atomic E-state index is 0.0100. The van der Waals surface area contributed by atoms with Crippen molar-refractivity contribution in [1.29, 1.82) is 0 Å². The topological polar surface area (TPSA) is 107 Å². The van der Waals surface area contributed by atoms with E-state index in [-0.39, 0.29) is 30.9 Å². The largest absolute Gasteiger partial charge is 0.505 e. The number of phenols is 1. The van der Waals surface area contributed by atoms with E-state index in [0.29, 0.717) is 40.7 Å². The molecule has 2 aromatic carbocycles. The van der Waals surface area contributed by atoms with Gasteiger partial charge in [0.25, 0.3) is 0 Å². The molecule has 0 saturated carbocycles. The van der Waals surface area contributed by atoms with Crippen LogP contribution in [0.1, 0.15) is 43.6 Å². The number of ether oxygens (including phenoxy) is 1. The van der Waals surface area contributed by atoms with Gasteiger partial charge in [0.1, 0.15) is 29.4 Å². The summed E-state index contributed by atoms with van der Waals surface area (Å²) in [4.78, 5) is 4.36. The number of hydrogen-bond donors (Lipinski definition) is 3. The summed E-state index contributed by atoms with van der Waals surface area (Å²) in [6.07, 6.45) is 1.19. The molecule has 2 heterocycles. The Labute approximate surface area is 198 Å². The number of nitrogens with zero attached hydrogens (tertiary/aromatic N) is 2. The first kappa shape index (κ1) is 24.3. The highest BCUT2D eigenvalue weighted by Crippen LogP contribution is 2.50. The van der Waals surface area contributed by atoms with Gasteiger partial charge in [-0.25, -0.2) is 4.39 Å². The Balaban J connectivity index is 1.76. The molecule has 34 heavy (non-hydrogen) atoms. The Hall–Kier alpha value is -2.79. The third kappa shape index (κ3) is 4.58. The van der Waals surface area contributed by atoms with Crippen molar-refractivity contribution in [2.75, 3.05) is 17.4 Å². The maximum Gasteiger partial charge on any atom is 0.301 e. The summed E-state index contributed by atoms with van der Waals surface area (Å²) in [5.74, 6) is -0.310. The molecule has 2 atom stereocenters. The number of hydrogen-bond acceptors (Lipinski definition) is 6. The summed E-state index contributed by atoms with van der Waals surface area (Å²) in [5.41, 5.74) is 2.94. The van der Waals surface area contributed by atoms with Gasteiger partial charge in [-0.05, 0) is 48.7 Å². The third-order valence-electron chi connectivity index (χ3n) is 5.86. The molecule has 1 aromatic heterocycles. The van der Waals surface area contributed by atoms with Crippen LogP contribution in [0.15, 0.2) is 42.6 Å². The maximum atomic E-state index is 13.2. The number of fused-ring (bicyclic) bond motifs is 1. The van der Waals surface area contributed by atoms with E-state index in [0.717, 1.165) is 5.56 Å². The van der Waals surface area contributed by atoms with Crippen LogP contribution in [0.5, 0.6) is 5.75 Å². The lowest BCUT2D eigenvalue weighted by Crippen LogP contribution is -2.41. The second-order valence-corrected chi connectivity index (χ2v) is 9.67. The highest BCUT2D eigenvalue weighted by Gasteiger charge is 2.45. The predicted molar refractivity (Wildman–Crippen MR) is 129 cm³/mol. The van der Waals surface area contributed by atoms with E-state index < -0.39 is 16.3 Å². The second kappa shape index (κ2) is 9.83. The molecule has 10 heteroatoms. The average molecular weight is 489 g/mol. The third-order valence-corrected chi connectivity index (χ3v) is 7.53. The number of anilines is 1. The zero-order chi connectivity index (χ0) is 24.5. The molecule has 1 saturated heterocycles. The van der Waals surface area contributed by atoms with Crippen molar-refractivity contribution in [3.8, 4) is 5.75 Å². The van der Waals surface area contributed by atoms with Crippen LogP contribution in [0.25, 0.3) is 10.9 Å². The van der Waals surface area contributed by atoms with Gasteiger partial charge in [-0.15, -0.1) is 0 Å². The van der Waals surface area contributed by atoms with Gasteiger partial charge >= 0.3 is 10.2 Å².